The summed E-state index contributed by atoms with van der Waals surface area (Å²) in [4.78, 5) is 35.5. The second-order valence-electron chi connectivity index (χ2n) is 8.41. The van der Waals surface area contributed by atoms with E-state index >= 15 is 0 Å². The number of allylic oxidation sites excluding steroid dienone is 5. The Labute approximate surface area is 191 Å². The molecule has 0 bridgehead atoms. The number of aliphatic hydroxyl groups excluding tert-OH is 1. The van der Waals surface area contributed by atoms with Gasteiger partial charge in [-0.25, -0.2) is 4.79 Å². The molecule has 1 unspecified atom stereocenters. The van der Waals surface area contributed by atoms with Crippen LogP contribution in [0.2, 0.25) is 0 Å². The van der Waals surface area contributed by atoms with Crippen LogP contribution in [0.4, 0.5) is 0 Å². The molecule has 2 atom stereocenters. The second kappa shape index (κ2) is 14.4. The number of amides is 1. The molecule has 0 aromatic heterocycles. The maximum absolute atomic E-state index is 12.1. The molecule has 0 aromatic rings. The SMILES string of the molecule is COC(=O)C(O)C/C(C)=C\CC[C@H](C)/C=C/C=C(\C)CCCC1=CCN(CC(=O)O)C1=O. The van der Waals surface area contributed by atoms with Crippen LogP contribution < -0.4 is 0 Å². The quantitative estimate of drug-likeness (QED) is 0.238. The van der Waals surface area contributed by atoms with Gasteiger partial charge in [-0.1, -0.05) is 48.5 Å². The molecule has 178 valence electrons. The van der Waals surface area contributed by atoms with Crippen LogP contribution in [0.15, 0.2) is 47.1 Å². The minimum atomic E-state index is -1.10. The van der Waals surface area contributed by atoms with Crippen molar-refractivity contribution >= 4 is 17.8 Å². The minimum Gasteiger partial charge on any atom is -0.480 e. The largest absolute Gasteiger partial charge is 0.480 e. The van der Waals surface area contributed by atoms with Crippen LogP contribution >= 0.6 is 0 Å². The molecule has 1 aliphatic rings. The lowest BCUT2D eigenvalue weighted by Gasteiger charge is -2.13. The number of carboxylic acids is 1. The first-order valence-corrected chi connectivity index (χ1v) is 11.1. The average molecular weight is 448 g/mol. The van der Waals surface area contributed by atoms with Crippen LogP contribution in [-0.4, -0.2) is 59.3 Å². The Hall–Kier alpha value is -2.67. The summed E-state index contributed by atoms with van der Waals surface area (Å²) in [5, 5.41) is 18.5. The number of nitrogens with zero attached hydrogens (tertiary/aromatic N) is 1. The zero-order valence-corrected chi connectivity index (χ0v) is 19.7. The number of carbonyl (C=O) groups is 3. The number of methoxy groups -OCH3 is 1. The smallest absolute Gasteiger partial charge is 0.335 e. The van der Waals surface area contributed by atoms with E-state index in [4.69, 9.17) is 5.11 Å². The van der Waals surface area contributed by atoms with Gasteiger partial charge in [0.05, 0.1) is 7.11 Å². The Morgan fingerprint density at radius 1 is 1.28 bits per heavy atom. The molecule has 7 nitrogen and oxygen atoms in total. The summed E-state index contributed by atoms with van der Waals surface area (Å²) in [5.74, 6) is -1.36. The number of rotatable bonds is 14. The summed E-state index contributed by atoms with van der Waals surface area (Å²) >= 11 is 0. The Morgan fingerprint density at radius 2 is 2.00 bits per heavy atom. The molecule has 1 heterocycles. The van der Waals surface area contributed by atoms with Crippen LogP contribution in [-0.2, 0) is 19.1 Å². The lowest BCUT2D eigenvalue weighted by molar-refractivity contribution is -0.150. The van der Waals surface area contributed by atoms with Gasteiger partial charge in [0.2, 0.25) is 5.91 Å². The third kappa shape index (κ3) is 10.6. The third-order valence-electron chi connectivity index (χ3n) is 5.39. The summed E-state index contributed by atoms with van der Waals surface area (Å²) in [6.07, 6.45) is 13.6. The highest BCUT2D eigenvalue weighted by Crippen LogP contribution is 2.19. The lowest BCUT2D eigenvalue weighted by Crippen LogP contribution is -2.32. The van der Waals surface area contributed by atoms with Crippen molar-refractivity contribution in [3.63, 3.8) is 0 Å². The molecule has 0 saturated heterocycles. The molecule has 0 fully saturated rings. The van der Waals surface area contributed by atoms with Gasteiger partial charge in [0.25, 0.3) is 0 Å². The van der Waals surface area contributed by atoms with Crippen molar-refractivity contribution in [2.24, 2.45) is 5.92 Å². The highest BCUT2D eigenvalue weighted by Gasteiger charge is 2.24. The van der Waals surface area contributed by atoms with E-state index in [1.807, 2.05) is 19.1 Å². The van der Waals surface area contributed by atoms with Crippen LogP contribution in [0.25, 0.3) is 0 Å². The standard InChI is InChI=1S/C25H37NO6/c1-18(10-6-12-20(3)16-22(27)25(31)32-4)8-5-9-19(2)11-7-13-21-14-15-26(24(21)30)17-23(28)29/h5,8-9,12,14,18,22,27H,6-7,10-11,13,15-17H2,1-4H3,(H,28,29)/b8-5+,19-9+,20-12-/t18-,22?/m1/s1. The van der Waals surface area contributed by atoms with Crippen molar-refractivity contribution in [2.75, 3.05) is 20.2 Å². The fraction of sp³-hybridized carbons (Fsp3) is 0.560. The van der Waals surface area contributed by atoms with Gasteiger partial charge in [-0.05, 0) is 51.9 Å². The number of aliphatic hydroxyl groups is 1. The second-order valence-corrected chi connectivity index (χ2v) is 8.41. The first kappa shape index (κ1) is 27.4. The maximum Gasteiger partial charge on any atom is 0.335 e. The predicted molar refractivity (Wildman–Crippen MR) is 124 cm³/mol. The summed E-state index contributed by atoms with van der Waals surface area (Å²) in [5.41, 5.74) is 2.91. The number of esters is 1. The van der Waals surface area contributed by atoms with Gasteiger partial charge < -0.3 is 19.8 Å². The van der Waals surface area contributed by atoms with Crippen molar-refractivity contribution in [1.29, 1.82) is 0 Å². The molecular weight excluding hydrogens is 410 g/mol. The summed E-state index contributed by atoms with van der Waals surface area (Å²) in [6.45, 7) is 6.25. The zero-order chi connectivity index (χ0) is 24.1. The average Bonchev–Trinajstić information content (AvgIpc) is 3.06. The van der Waals surface area contributed by atoms with Crippen molar-refractivity contribution in [3.8, 4) is 0 Å². The van der Waals surface area contributed by atoms with Gasteiger partial charge in [-0.2, -0.15) is 0 Å². The topological polar surface area (TPSA) is 104 Å². The summed E-state index contributed by atoms with van der Waals surface area (Å²) < 4.78 is 4.52. The first-order chi connectivity index (χ1) is 15.1. The number of carboxylic acid groups (broad SMARTS) is 1. The van der Waals surface area contributed by atoms with Gasteiger partial charge in [0, 0.05) is 18.5 Å². The highest BCUT2D eigenvalue weighted by atomic mass is 16.5. The van der Waals surface area contributed by atoms with E-state index in [-0.39, 0.29) is 12.5 Å². The lowest BCUT2D eigenvalue weighted by atomic mass is 10.0. The van der Waals surface area contributed by atoms with Crippen molar-refractivity contribution in [2.45, 2.75) is 65.4 Å². The molecule has 2 N–H and O–H groups in total. The van der Waals surface area contributed by atoms with Crippen LogP contribution in [0, 0.1) is 5.92 Å². The van der Waals surface area contributed by atoms with E-state index in [9.17, 15) is 19.5 Å². The maximum atomic E-state index is 12.1. The Kier molecular flexibility index (Phi) is 12.3. The Morgan fingerprint density at radius 3 is 2.66 bits per heavy atom. The van der Waals surface area contributed by atoms with Crippen LogP contribution in [0.3, 0.4) is 0 Å². The van der Waals surface area contributed by atoms with Crippen LogP contribution in [0.1, 0.15) is 59.3 Å². The molecule has 1 amide bonds. The number of aliphatic carboxylic acids is 1. The minimum absolute atomic E-state index is 0.160. The van der Waals surface area contributed by atoms with Gasteiger partial charge >= 0.3 is 11.9 Å². The highest BCUT2D eigenvalue weighted by molar-refractivity contribution is 5.97. The molecule has 0 spiro atoms. The molecular formula is C25H37NO6. The number of hydrogen-bond acceptors (Lipinski definition) is 5. The monoisotopic (exact) mass is 447 g/mol. The van der Waals surface area contributed by atoms with E-state index in [0.717, 1.165) is 31.3 Å². The van der Waals surface area contributed by atoms with E-state index < -0.39 is 18.0 Å². The molecule has 0 aromatic carbocycles. The van der Waals surface area contributed by atoms with E-state index in [1.54, 1.807) is 0 Å². The number of hydrogen-bond donors (Lipinski definition) is 2. The summed E-state index contributed by atoms with van der Waals surface area (Å²) in [7, 11) is 1.26. The Bertz CT molecular complexity index is 777. The van der Waals surface area contributed by atoms with Gasteiger partial charge in [-0.3, -0.25) is 9.59 Å². The third-order valence-corrected chi connectivity index (χ3v) is 5.39. The zero-order valence-electron chi connectivity index (χ0n) is 19.7. The van der Waals surface area contributed by atoms with Crippen molar-refractivity contribution < 1.29 is 29.3 Å². The molecule has 32 heavy (non-hydrogen) atoms. The van der Waals surface area contributed by atoms with Gasteiger partial charge in [0.15, 0.2) is 6.10 Å². The first-order valence-electron chi connectivity index (χ1n) is 11.1. The van der Waals surface area contributed by atoms with E-state index in [1.165, 1.54) is 17.6 Å². The molecule has 0 radical (unpaired) electrons. The van der Waals surface area contributed by atoms with Gasteiger partial charge in [0.1, 0.15) is 6.54 Å². The number of carbonyl (C=O) groups excluding carboxylic acids is 2. The fourth-order valence-corrected chi connectivity index (χ4v) is 3.45. The van der Waals surface area contributed by atoms with E-state index in [2.05, 4.69) is 36.8 Å². The van der Waals surface area contributed by atoms with E-state index in [0.29, 0.717) is 30.9 Å². The fourth-order valence-electron chi connectivity index (χ4n) is 3.45. The predicted octanol–water partition coefficient (Wildman–Crippen LogP) is 3.80. The van der Waals surface area contributed by atoms with Crippen LogP contribution in [0.5, 0.6) is 0 Å². The molecule has 0 aliphatic carbocycles. The normalized spacial score (nSPS) is 17.0. The molecule has 0 saturated carbocycles. The molecule has 1 aliphatic heterocycles. The number of ether oxygens (including phenoxy) is 1. The summed E-state index contributed by atoms with van der Waals surface area (Å²) in [6, 6.07) is 0. The molecule has 1 rings (SSSR count). The Balaban J connectivity index is 2.30. The van der Waals surface area contributed by atoms with Crippen molar-refractivity contribution in [3.05, 3.63) is 47.1 Å². The molecule has 7 heteroatoms. The van der Waals surface area contributed by atoms with Crippen molar-refractivity contribution in [1.82, 2.24) is 4.90 Å². The van der Waals surface area contributed by atoms with Gasteiger partial charge in [-0.15, -0.1) is 0 Å².